The Labute approximate surface area is 71.9 Å². The molecule has 0 saturated heterocycles. The van der Waals surface area contributed by atoms with E-state index in [1.165, 1.54) is 0 Å². The fourth-order valence-electron chi connectivity index (χ4n) is 1.14. The van der Waals surface area contributed by atoms with E-state index < -0.39 is 0 Å². The molecule has 64 valence electrons. The van der Waals surface area contributed by atoms with Gasteiger partial charge in [0.1, 0.15) is 0 Å². The molecule has 0 saturated carbocycles. The molecule has 0 bridgehead atoms. The first-order chi connectivity index (χ1) is 5.66. The third-order valence-corrected chi connectivity index (χ3v) is 2.07. The summed E-state index contributed by atoms with van der Waals surface area (Å²) < 4.78 is 0. The van der Waals surface area contributed by atoms with Gasteiger partial charge in [0.2, 0.25) is 0 Å². The predicted octanol–water partition coefficient (Wildman–Crippen LogP) is 2.11. The molecule has 2 nitrogen and oxygen atoms in total. The molecule has 12 heavy (non-hydrogen) atoms. The molecule has 1 rings (SSSR count). The van der Waals surface area contributed by atoms with Gasteiger partial charge in [-0.2, -0.15) is 0 Å². The lowest BCUT2D eigenvalue weighted by molar-refractivity contribution is 1.17. The Balaban J connectivity index is 3.36. The Morgan fingerprint density at radius 1 is 1.58 bits per heavy atom. The van der Waals surface area contributed by atoms with E-state index in [0.29, 0.717) is 0 Å². The molecule has 1 heterocycles. The zero-order valence-electron chi connectivity index (χ0n) is 7.64. The van der Waals surface area contributed by atoms with Crippen molar-refractivity contribution in [3.8, 4) is 0 Å². The lowest BCUT2D eigenvalue weighted by atomic mass is 10.0. The summed E-state index contributed by atoms with van der Waals surface area (Å²) in [4.78, 5) is 13.8. The number of aromatic nitrogens is 1. The van der Waals surface area contributed by atoms with Gasteiger partial charge >= 0.3 is 0 Å². The van der Waals surface area contributed by atoms with Crippen LogP contribution >= 0.6 is 0 Å². The summed E-state index contributed by atoms with van der Waals surface area (Å²) in [6, 6.07) is 1.92. The second-order valence-corrected chi connectivity index (χ2v) is 2.82. The van der Waals surface area contributed by atoms with Crippen LogP contribution in [-0.2, 0) is 0 Å². The van der Waals surface area contributed by atoms with Gasteiger partial charge in [-0.1, -0.05) is 6.08 Å². The highest BCUT2D eigenvalue weighted by molar-refractivity contribution is 5.65. The standard InChI is InChI=1S/C10H13NO/c1-4-7(2)9-5-6-11-10(12)8(9)3/h4-6H,1-3H3,(H,11,12)/b7-4-. The number of H-pyrrole nitrogens is 1. The van der Waals surface area contributed by atoms with Gasteiger partial charge in [-0.15, -0.1) is 0 Å². The van der Waals surface area contributed by atoms with E-state index in [1.807, 2.05) is 32.9 Å². The molecule has 0 amide bonds. The second kappa shape index (κ2) is 3.39. The molecule has 2 heteroatoms. The van der Waals surface area contributed by atoms with Crippen molar-refractivity contribution in [1.29, 1.82) is 0 Å². The summed E-state index contributed by atoms with van der Waals surface area (Å²) in [5.74, 6) is 0. The van der Waals surface area contributed by atoms with Gasteiger partial charge in [-0.05, 0) is 38.0 Å². The third kappa shape index (κ3) is 1.47. The number of rotatable bonds is 1. The van der Waals surface area contributed by atoms with Crippen molar-refractivity contribution in [2.45, 2.75) is 20.8 Å². The van der Waals surface area contributed by atoms with Crippen molar-refractivity contribution in [2.24, 2.45) is 0 Å². The van der Waals surface area contributed by atoms with Crippen LogP contribution in [0, 0.1) is 6.92 Å². The van der Waals surface area contributed by atoms with Crippen LogP contribution in [0.25, 0.3) is 5.57 Å². The largest absolute Gasteiger partial charge is 0.329 e. The first kappa shape index (κ1) is 8.78. The highest BCUT2D eigenvalue weighted by Gasteiger charge is 2.01. The summed E-state index contributed by atoms with van der Waals surface area (Å²) >= 11 is 0. The Bertz CT molecular complexity index is 360. The number of hydrogen-bond donors (Lipinski definition) is 1. The minimum Gasteiger partial charge on any atom is -0.329 e. The smallest absolute Gasteiger partial charge is 0.251 e. The molecule has 0 radical (unpaired) electrons. The zero-order valence-corrected chi connectivity index (χ0v) is 7.64. The fraction of sp³-hybridized carbons (Fsp3) is 0.300. The molecule has 0 aromatic carbocycles. The quantitative estimate of drug-likeness (QED) is 0.675. The van der Waals surface area contributed by atoms with Gasteiger partial charge in [0, 0.05) is 11.8 Å². The average molecular weight is 163 g/mol. The first-order valence-corrected chi connectivity index (χ1v) is 3.98. The van der Waals surface area contributed by atoms with E-state index >= 15 is 0 Å². The molecule has 1 aromatic heterocycles. The van der Waals surface area contributed by atoms with Crippen molar-refractivity contribution >= 4 is 5.57 Å². The van der Waals surface area contributed by atoms with Gasteiger partial charge in [-0.3, -0.25) is 4.79 Å². The molecule has 1 aromatic rings. The average Bonchev–Trinajstić information content (AvgIpc) is 2.08. The van der Waals surface area contributed by atoms with Crippen LogP contribution in [-0.4, -0.2) is 4.98 Å². The molecule has 0 fully saturated rings. The van der Waals surface area contributed by atoms with Crippen molar-refractivity contribution < 1.29 is 0 Å². The molecule has 1 N–H and O–H groups in total. The van der Waals surface area contributed by atoms with Crippen LogP contribution in [0.4, 0.5) is 0 Å². The first-order valence-electron chi connectivity index (χ1n) is 3.98. The number of nitrogens with one attached hydrogen (secondary N) is 1. The topological polar surface area (TPSA) is 32.9 Å². The normalized spacial score (nSPS) is 11.8. The summed E-state index contributed by atoms with van der Waals surface area (Å²) in [5.41, 5.74) is 2.95. The maximum atomic E-state index is 11.2. The Kier molecular flexibility index (Phi) is 2.48. The Hall–Kier alpha value is -1.31. The number of allylic oxidation sites excluding steroid dienone is 2. The minimum atomic E-state index is -0.00583. The van der Waals surface area contributed by atoms with Crippen molar-refractivity contribution in [2.75, 3.05) is 0 Å². The van der Waals surface area contributed by atoms with Crippen LogP contribution in [0.2, 0.25) is 0 Å². The van der Waals surface area contributed by atoms with Crippen molar-refractivity contribution in [1.82, 2.24) is 4.98 Å². The van der Waals surface area contributed by atoms with Gasteiger partial charge in [0.05, 0.1) is 0 Å². The third-order valence-electron chi connectivity index (χ3n) is 2.07. The molecule has 0 atom stereocenters. The van der Waals surface area contributed by atoms with E-state index in [1.54, 1.807) is 6.20 Å². The maximum absolute atomic E-state index is 11.2. The van der Waals surface area contributed by atoms with Gasteiger partial charge in [0.25, 0.3) is 5.56 Å². The van der Waals surface area contributed by atoms with E-state index in [4.69, 9.17) is 0 Å². The monoisotopic (exact) mass is 163 g/mol. The van der Waals surface area contributed by atoms with Crippen LogP contribution < -0.4 is 5.56 Å². The van der Waals surface area contributed by atoms with Gasteiger partial charge in [-0.25, -0.2) is 0 Å². The molecule has 0 unspecified atom stereocenters. The summed E-state index contributed by atoms with van der Waals surface area (Å²) in [6.07, 6.45) is 3.68. The highest BCUT2D eigenvalue weighted by atomic mass is 16.1. The van der Waals surface area contributed by atoms with E-state index in [0.717, 1.165) is 16.7 Å². The molecule has 0 aliphatic heterocycles. The van der Waals surface area contributed by atoms with Gasteiger partial charge in [0.15, 0.2) is 0 Å². The lowest BCUT2D eigenvalue weighted by Gasteiger charge is -2.02. The molecule has 0 aliphatic rings. The van der Waals surface area contributed by atoms with Crippen molar-refractivity contribution in [3.05, 3.63) is 39.8 Å². The van der Waals surface area contributed by atoms with Gasteiger partial charge < -0.3 is 4.98 Å². The van der Waals surface area contributed by atoms with Crippen LogP contribution in [0.5, 0.6) is 0 Å². The van der Waals surface area contributed by atoms with E-state index in [2.05, 4.69) is 4.98 Å². The molecular weight excluding hydrogens is 150 g/mol. The maximum Gasteiger partial charge on any atom is 0.251 e. The van der Waals surface area contributed by atoms with Crippen LogP contribution in [0.1, 0.15) is 25.0 Å². The van der Waals surface area contributed by atoms with Crippen LogP contribution in [0.3, 0.4) is 0 Å². The summed E-state index contributed by atoms with van der Waals surface area (Å²) in [7, 11) is 0. The molecule has 0 spiro atoms. The van der Waals surface area contributed by atoms with Crippen molar-refractivity contribution in [3.63, 3.8) is 0 Å². The number of pyridine rings is 1. The highest BCUT2D eigenvalue weighted by Crippen LogP contribution is 2.13. The minimum absolute atomic E-state index is 0.00583. The van der Waals surface area contributed by atoms with E-state index in [-0.39, 0.29) is 5.56 Å². The van der Waals surface area contributed by atoms with E-state index in [9.17, 15) is 4.79 Å². The number of aromatic amines is 1. The summed E-state index contributed by atoms with van der Waals surface area (Å²) in [5, 5.41) is 0. The fourth-order valence-corrected chi connectivity index (χ4v) is 1.14. The van der Waals surface area contributed by atoms with Crippen LogP contribution in [0.15, 0.2) is 23.1 Å². The SMILES string of the molecule is C/C=C(/C)c1cc[nH]c(=O)c1C. The summed E-state index contributed by atoms with van der Waals surface area (Å²) in [6.45, 7) is 5.80. The zero-order chi connectivity index (χ0) is 9.14. The molecular formula is C10H13NO. The molecule has 0 aliphatic carbocycles. The number of hydrogen-bond acceptors (Lipinski definition) is 1. The second-order valence-electron chi connectivity index (χ2n) is 2.82. The predicted molar refractivity (Wildman–Crippen MR) is 51.1 cm³/mol. The Morgan fingerprint density at radius 3 is 2.83 bits per heavy atom. The Morgan fingerprint density at radius 2 is 2.25 bits per heavy atom. The lowest BCUT2D eigenvalue weighted by Crippen LogP contribution is -2.10.